The molecule has 0 aliphatic carbocycles. The van der Waals surface area contributed by atoms with Gasteiger partial charge in [-0.25, -0.2) is 8.78 Å². The van der Waals surface area contributed by atoms with Gasteiger partial charge in [0, 0.05) is 37.5 Å². The predicted octanol–water partition coefficient (Wildman–Crippen LogP) is 3.74. The first-order valence-electron chi connectivity index (χ1n) is 8.76. The summed E-state index contributed by atoms with van der Waals surface area (Å²) in [6.07, 6.45) is 6.70. The van der Waals surface area contributed by atoms with Gasteiger partial charge in [-0.05, 0) is 36.3 Å². The number of ether oxygens (including phenoxy) is 1. The predicted molar refractivity (Wildman–Crippen MR) is 111 cm³/mol. The molecule has 3 aromatic rings. The van der Waals surface area contributed by atoms with Gasteiger partial charge in [0.2, 0.25) is 0 Å². The topological polar surface area (TPSA) is 72.4 Å². The molecule has 2 N–H and O–H groups in total. The van der Waals surface area contributed by atoms with Crippen molar-refractivity contribution in [2.45, 2.75) is 0 Å². The minimum Gasteiger partial charge on any atom is -0.454 e. The van der Waals surface area contributed by atoms with Crippen molar-refractivity contribution in [3.63, 3.8) is 0 Å². The first-order valence-corrected chi connectivity index (χ1v) is 8.76. The fourth-order valence-electron chi connectivity index (χ4n) is 2.88. The molecule has 8 heteroatoms. The highest BCUT2D eigenvalue weighted by Crippen LogP contribution is 2.40. The second-order valence-electron chi connectivity index (χ2n) is 6.26. The van der Waals surface area contributed by atoms with Crippen LogP contribution in [0, 0.1) is 24.0 Å². The zero-order valence-electron chi connectivity index (χ0n) is 16.1. The fraction of sp³-hybridized carbons (Fsp3) is 0.0909. The van der Waals surface area contributed by atoms with Gasteiger partial charge in [-0.15, -0.1) is 6.42 Å². The van der Waals surface area contributed by atoms with Crippen molar-refractivity contribution >= 4 is 17.3 Å². The maximum atomic E-state index is 14.2. The van der Waals surface area contributed by atoms with E-state index < -0.39 is 17.5 Å². The molecule has 1 amide bonds. The number of carbonyl (C=O) groups excluding carboxylic acids is 1. The lowest BCUT2D eigenvalue weighted by Crippen LogP contribution is -2.19. The molecule has 0 unspecified atom stereocenters. The van der Waals surface area contributed by atoms with E-state index >= 15 is 0 Å². The van der Waals surface area contributed by atoms with Crippen molar-refractivity contribution < 1.29 is 18.3 Å². The van der Waals surface area contributed by atoms with Gasteiger partial charge >= 0.3 is 0 Å². The summed E-state index contributed by atoms with van der Waals surface area (Å²) in [5.74, 6) is -0.420. The number of carbonyl (C=O) groups is 1. The van der Waals surface area contributed by atoms with E-state index in [1.165, 1.54) is 10.8 Å². The van der Waals surface area contributed by atoms with Crippen LogP contribution in [0.5, 0.6) is 11.5 Å². The summed E-state index contributed by atoms with van der Waals surface area (Å²) >= 11 is 0. The molecule has 0 fully saturated rings. The van der Waals surface area contributed by atoms with Crippen LogP contribution in [0.1, 0.15) is 0 Å². The highest BCUT2D eigenvalue weighted by Gasteiger charge is 2.18. The Labute approximate surface area is 171 Å². The Bertz CT molecular complexity index is 1230. The molecule has 0 atom stereocenters. The summed E-state index contributed by atoms with van der Waals surface area (Å²) in [5, 5.41) is 5.37. The molecule has 0 spiro atoms. The molecule has 6 nitrogen and oxygen atoms in total. The number of nitrogens with one attached hydrogen (secondary N) is 2. The van der Waals surface area contributed by atoms with Crippen LogP contribution in [0.25, 0.3) is 11.1 Å². The fourth-order valence-corrected chi connectivity index (χ4v) is 2.88. The lowest BCUT2D eigenvalue weighted by molar-refractivity contribution is -0.111. The number of rotatable bonds is 5. The molecule has 3 rings (SSSR count). The number of benzene rings is 2. The van der Waals surface area contributed by atoms with E-state index in [1.54, 1.807) is 38.4 Å². The molecular weight excluding hydrogens is 392 g/mol. The Morgan fingerprint density at radius 3 is 2.57 bits per heavy atom. The smallest absolute Gasteiger partial charge is 0.300 e. The first-order chi connectivity index (χ1) is 14.3. The lowest BCUT2D eigenvalue weighted by atomic mass is 10.0. The number of halogens is 2. The number of nitrogens with zero attached hydrogens (tertiary/aromatic N) is 1. The standard InChI is InChI=1S/C22H17F2N3O3/c1-4-20(28)26-16-6-5-7-19(30-18-9-8-14(23)11-15(18)24)21(16)13-10-17(25-2)22(29)27(3)12-13/h1,5-12,25H,2-3H3,(H,26,28). The van der Waals surface area contributed by atoms with Gasteiger partial charge in [-0.3, -0.25) is 9.59 Å². The average molecular weight is 409 g/mol. The van der Waals surface area contributed by atoms with E-state index in [0.29, 0.717) is 28.6 Å². The third kappa shape index (κ3) is 4.15. The van der Waals surface area contributed by atoms with E-state index in [2.05, 4.69) is 10.6 Å². The molecule has 30 heavy (non-hydrogen) atoms. The van der Waals surface area contributed by atoms with Crippen LogP contribution >= 0.6 is 0 Å². The third-order valence-corrected chi connectivity index (χ3v) is 4.26. The number of hydrogen-bond donors (Lipinski definition) is 2. The van der Waals surface area contributed by atoms with E-state index in [0.717, 1.165) is 12.1 Å². The van der Waals surface area contributed by atoms with Gasteiger partial charge in [-0.1, -0.05) is 6.07 Å². The van der Waals surface area contributed by atoms with Crippen molar-refractivity contribution in [1.29, 1.82) is 0 Å². The molecule has 1 aromatic heterocycles. The number of aromatic nitrogens is 1. The van der Waals surface area contributed by atoms with Crippen molar-refractivity contribution in [2.24, 2.45) is 7.05 Å². The summed E-state index contributed by atoms with van der Waals surface area (Å²) in [6, 6.07) is 9.19. The van der Waals surface area contributed by atoms with Crippen LogP contribution in [0.15, 0.2) is 53.5 Å². The minimum atomic E-state index is -0.893. The van der Waals surface area contributed by atoms with Gasteiger partial charge in [0.1, 0.15) is 17.3 Å². The van der Waals surface area contributed by atoms with Crippen LogP contribution in [0.3, 0.4) is 0 Å². The Hall–Kier alpha value is -4.12. The number of pyridine rings is 1. The van der Waals surface area contributed by atoms with E-state index in [9.17, 15) is 18.4 Å². The van der Waals surface area contributed by atoms with Crippen LogP contribution < -0.4 is 20.9 Å². The molecule has 0 saturated heterocycles. The summed E-state index contributed by atoms with van der Waals surface area (Å²) in [6.45, 7) is 0. The molecule has 0 aliphatic heterocycles. The van der Waals surface area contributed by atoms with Crippen LogP contribution in [0.2, 0.25) is 0 Å². The highest BCUT2D eigenvalue weighted by atomic mass is 19.1. The zero-order valence-corrected chi connectivity index (χ0v) is 16.1. The average Bonchev–Trinajstić information content (AvgIpc) is 2.72. The third-order valence-electron chi connectivity index (χ3n) is 4.26. The van der Waals surface area contributed by atoms with Gasteiger partial charge in [0.15, 0.2) is 11.6 Å². The molecular formula is C22H17F2N3O3. The van der Waals surface area contributed by atoms with Crippen LogP contribution in [-0.4, -0.2) is 17.5 Å². The van der Waals surface area contributed by atoms with Crippen molar-refractivity contribution in [2.75, 3.05) is 17.7 Å². The number of terminal acetylenes is 1. The summed E-state index contributed by atoms with van der Waals surface area (Å²) in [7, 11) is 3.16. The second-order valence-corrected chi connectivity index (χ2v) is 6.26. The number of anilines is 2. The van der Waals surface area contributed by atoms with Crippen molar-refractivity contribution in [3.05, 3.63) is 70.6 Å². The Morgan fingerprint density at radius 2 is 1.90 bits per heavy atom. The zero-order chi connectivity index (χ0) is 21.8. The molecule has 2 aromatic carbocycles. The van der Waals surface area contributed by atoms with E-state index in [-0.39, 0.29) is 17.1 Å². The van der Waals surface area contributed by atoms with Gasteiger partial charge in [-0.2, -0.15) is 0 Å². The normalized spacial score (nSPS) is 10.2. The maximum Gasteiger partial charge on any atom is 0.300 e. The summed E-state index contributed by atoms with van der Waals surface area (Å²) in [5.41, 5.74) is 1.17. The quantitative estimate of drug-likeness (QED) is 0.630. The molecule has 0 bridgehead atoms. The Kier molecular flexibility index (Phi) is 5.83. The molecule has 152 valence electrons. The van der Waals surface area contributed by atoms with Crippen LogP contribution in [0.4, 0.5) is 20.2 Å². The minimum absolute atomic E-state index is 0.163. The van der Waals surface area contributed by atoms with Gasteiger partial charge < -0.3 is 19.9 Å². The lowest BCUT2D eigenvalue weighted by Gasteiger charge is -2.17. The summed E-state index contributed by atoms with van der Waals surface area (Å²) < 4.78 is 34.4. The second kappa shape index (κ2) is 8.49. The Balaban J connectivity index is 2.22. The number of hydrogen-bond acceptors (Lipinski definition) is 4. The van der Waals surface area contributed by atoms with Gasteiger partial charge in [0.05, 0.1) is 5.69 Å². The maximum absolute atomic E-state index is 14.2. The van der Waals surface area contributed by atoms with E-state index in [4.69, 9.17) is 11.2 Å². The molecule has 0 radical (unpaired) electrons. The largest absolute Gasteiger partial charge is 0.454 e. The molecule has 0 aliphatic rings. The Morgan fingerprint density at radius 1 is 1.13 bits per heavy atom. The summed E-state index contributed by atoms with van der Waals surface area (Å²) in [4.78, 5) is 24.0. The van der Waals surface area contributed by atoms with E-state index in [1.807, 2.05) is 5.92 Å². The highest BCUT2D eigenvalue weighted by molar-refractivity contribution is 6.06. The van der Waals surface area contributed by atoms with Crippen LogP contribution in [-0.2, 0) is 11.8 Å². The monoisotopic (exact) mass is 409 g/mol. The molecule has 0 saturated carbocycles. The number of amides is 1. The van der Waals surface area contributed by atoms with Gasteiger partial charge in [0.25, 0.3) is 11.5 Å². The first kappa shape index (κ1) is 20.6. The molecule has 1 heterocycles. The number of aryl methyl sites for hydroxylation is 1. The van der Waals surface area contributed by atoms with Crippen molar-refractivity contribution in [3.8, 4) is 35.0 Å². The SMILES string of the molecule is C#CC(=O)Nc1cccc(Oc2ccc(F)cc2F)c1-c1cc(NC)c(=O)n(C)c1. The van der Waals surface area contributed by atoms with Crippen molar-refractivity contribution in [1.82, 2.24) is 4.57 Å².